The molecule has 25 heavy (non-hydrogen) atoms. The van der Waals surface area contributed by atoms with Crippen molar-refractivity contribution in [1.29, 1.82) is 0 Å². The van der Waals surface area contributed by atoms with Crippen LogP contribution >= 0.6 is 31.9 Å². The van der Waals surface area contributed by atoms with Gasteiger partial charge in [-0.1, -0.05) is 18.9 Å². The van der Waals surface area contributed by atoms with Crippen LogP contribution in [0.4, 0.5) is 0 Å². The van der Waals surface area contributed by atoms with E-state index in [2.05, 4.69) is 31.9 Å². The van der Waals surface area contributed by atoms with Crippen molar-refractivity contribution in [3.05, 3.63) is 27.1 Å². The van der Waals surface area contributed by atoms with E-state index in [0.717, 1.165) is 34.6 Å². The molecule has 3 rings (SSSR count). The maximum atomic E-state index is 12.9. The number of carbonyl (C=O) groups excluding carboxylic acids is 1. The summed E-state index contributed by atoms with van der Waals surface area (Å²) in [5.41, 5.74) is 0. The van der Waals surface area contributed by atoms with Crippen LogP contribution in [-0.4, -0.2) is 49.4 Å². The molecule has 1 unspecified atom stereocenters. The second kappa shape index (κ2) is 7.96. The lowest BCUT2D eigenvalue weighted by atomic mass is 10.1. The fourth-order valence-electron chi connectivity index (χ4n) is 3.71. The van der Waals surface area contributed by atoms with E-state index in [0.29, 0.717) is 12.2 Å². The number of halogens is 2. The zero-order valence-corrected chi connectivity index (χ0v) is 17.8. The molecule has 1 saturated heterocycles. The van der Waals surface area contributed by atoms with Gasteiger partial charge in [-0.3, -0.25) is 4.79 Å². The number of para-hydroxylation sites is 1. The largest absolute Gasteiger partial charge is 0.481 e. The van der Waals surface area contributed by atoms with Gasteiger partial charge in [-0.2, -0.15) is 0 Å². The van der Waals surface area contributed by atoms with E-state index in [4.69, 9.17) is 4.74 Å². The summed E-state index contributed by atoms with van der Waals surface area (Å²) in [7, 11) is -3.03. The average Bonchev–Trinajstić information content (AvgIpc) is 3.17. The predicted octanol–water partition coefficient (Wildman–Crippen LogP) is 3.55. The van der Waals surface area contributed by atoms with Gasteiger partial charge in [0, 0.05) is 12.1 Å². The first kappa shape index (κ1) is 19.2. The van der Waals surface area contributed by atoms with Crippen molar-refractivity contribution in [2.75, 3.05) is 18.1 Å². The Balaban J connectivity index is 1.73. The van der Waals surface area contributed by atoms with Gasteiger partial charge < -0.3 is 9.64 Å². The molecule has 0 bridgehead atoms. The van der Waals surface area contributed by atoms with Gasteiger partial charge in [0.2, 0.25) is 0 Å². The number of nitrogens with zero attached hydrogens (tertiary/aromatic N) is 1. The number of sulfone groups is 1. The second-order valence-corrected chi connectivity index (χ2v) is 10.6. The zero-order chi connectivity index (χ0) is 18.0. The Kier molecular flexibility index (Phi) is 6.11. The minimum absolute atomic E-state index is 0.0773. The van der Waals surface area contributed by atoms with E-state index in [9.17, 15) is 13.2 Å². The highest BCUT2D eigenvalue weighted by Gasteiger charge is 2.39. The van der Waals surface area contributed by atoms with Crippen LogP contribution in [0.5, 0.6) is 5.75 Å². The van der Waals surface area contributed by atoms with Crippen molar-refractivity contribution in [1.82, 2.24) is 4.90 Å². The molecule has 1 aromatic carbocycles. The quantitative estimate of drug-likeness (QED) is 0.627. The summed E-state index contributed by atoms with van der Waals surface area (Å²) in [5.74, 6) is 0.705. The lowest BCUT2D eigenvalue weighted by Crippen LogP contribution is -2.48. The molecular formula is C17H21Br2NO4S. The van der Waals surface area contributed by atoms with Gasteiger partial charge in [-0.25, -0.2) is 8.42 Å². The predicted molar refractivity (Wildman–Crippen MR) is 103 cm³/mol. The summed E-state index contributed by atoms with van der Waals surface area (Å²) in [6, 6.07) is 5.49. The molecule has 5 nitrogen and oxygen atoms in total. The highest BCUT2D eigenvalue weighted by molar-refractivity contribution is 9.11. The standard InChI is InChI=1S/C17H21Br2NO4S/c18-14-6-3-7-15(19)17(14)24-10-16(21)20(12-4-1-2-5-12)13-8-9-25(22,23)11-13/h3,6-7,12-13H,1-2,4-5,8-11H2. The van der Waals surface area contributed by atoms with E-state index in [1.54, 1.807) is 0 Å². The van der Waals surface area contributed by atoms with Gasteiger partial charge in [0.05, 0.1) is 20.5 Å². The third kappa shape index (κ3) is 4.57. The summed E-state index contributed by atoms with van der Waals surface area (Å²) in [6.07, 6.45) is 4.60. The van der Waals surface area contributed by atoms with Crippen LogP contribution in [0.15, 0.2) is 27.1 Å². The normalized spacial score (nSPS) is 22.9. The van der Waals surface area contributed by atoms with E-state index in [1.165, 1.54) is 0 Å². The fourth-order valence-corrected chi connectivity index (χ4v) is 6.65. The summed E-state index contributed by atoms with van der Waals surface area (Å²) < 4.78 is 31.0. The van der Waals surface area contributed by atoms with E-state index < -0.39 is 9.84 Å². The number of benzene rings is 1. The SMILES string of the molecule is O=C(COc1c(Br)cccc1Br)N(C1CCCC1)C1CCS(=O)(=O)C1. The summed E-state index contributed by atoms with van der Waals surface area (Å²) in [4.78, 5) is 14.7. The third-order valence-corrected chi connectivity index (χ3v) is 7.87. The monoisotopic (exact) mass is 493 g/mol. The topological polar surface area (TPSA) is 63.7 Å². The lowest BCUT2D eigenvalue weighted by Gasteiger charge is -2.34. The molecule has 1 aliphatic heterocycles. The Morgan fingerprint density at radius 1 is 1.12 bits per heavy atom. The fraction of sp³-hybridized carbons (Fsp3) is 0.588. The molecule has 0 aromatic heterocycles. The molecule has 1 aromatic rings. The summed E-state index contributed by atoms with van der Waals surface area (Å²) >= 11 is 6.84. The van der Waals surface area contributed by atoms with Crippen LogP contribution in [-0.2, 0) is 14.6 Å². The zero-order valence-electron chi connectivity index (χ0n) is 13.8. The van der Waals surface area contributed by atoms with Crippen molar-refractivity contribution in [3.63, 3.8) is 0 Å². The van der Waals surface area contributed by atoms with Crippen LogP contribution in [0, 0.1) is 0 Å². The first-order valence-corrected chi connectivity index (χ1v) is 11.9. The Bertz CT molecular complexity index is 727. The molecule has 0 spiro atoms. The molecule has 1 atom stereocenters. The molecule has 2 aliphatic rings. The Morgan fingerprint density at radius 2 is 1.76 bits per heavy atom. The van der Waals surface area contributed by atoms with Crippen LogP contribution in [0.1, 0.15) is 32.1 Å². The van der Waals surface area contributed by atoms with Gasteiger partial charge in [-0.05, 0) is 63.3 Å². The number of hydrogen-bond donors (Lipinski definition) is 0. The molecule has 138 valence electrons. The van der Waals surface area contributed by atoms with Gasteiger partial charge in [-0.15, -0.1) is 0 Å². The minimum Gasteiger partial charge on any atom is -0.481 e. The number of amides is 1. The van der Waals surface area contributed by atoms with E-state index in [-0.39, 0.29) is 36.1 Å². The Morgan fingerprint density at radius 3 is 2.32 bits per heavy atom. The molecule has 2 fully saturated rings. The molecule has 0 radical (unpaired) electrons. The first-order chi connectivity index (χ1) is 11.9. The highest BCUT2D eigenvalue weighted by Crippen LogP contribution is 2.34. The van der Waals surface area contributed by atoms with Gasteiger partial charge in [0.1, 0.15) is 5.75 Å². The summed E-state index contributed by atoms with van der Waals surface area (Å²) in [5, 5.41) is 0. The van der Waals surface area contributed by atoms with Crippen molar-refractivity contribution >= 4 is 47.6 Å². The van der Waals surface area contributed by atoms with Crippen LogP contribution in [0.3, 0.4) is 0 Å². The molecular weight excluding hydrogens is 474 g/mol. The number of hydrogen-bond acceptors (Lipinski definition) is 4. The Hall–Kier alpha value is -0.600. The molecule has 1 heterocycles. The van der Waals surface area contributed by atoms with Crippen LogP contribution in [0.25, 0.3) is 0 Å². The third-order valence-electron chi connectivity index (χ3n) is 4.87. The van der Waals surface area contributed by atoms with Gasteiger partial charge in [0.25, 0.3) is 5.91 Å². The van der Waals surface area contributed by atoms with Crippen molar-refractivity contribution in [2.24, 2.45) is 0 Å². The van der Waals surface area contributed by atoms with Gasteiger partial charge in [0.15, 0.2) is 16.4 Å². The Labute approximate surface area is 165 Å². The molecule has 1 aliphatic carbocycles. The second-order valence-electron chi connectivity index (χ2n) is 6.64. The molecule has 8 heteroatoms. The van der Waals surface area contributed by atoms with Crippen LogP contribution in [0.2, 0.25) is 0 Å². The number of carbonyl (C=O) groups is 1. The maximum Gasteiger partial charge on any atom is 0.261 e. The first-order valence-electron chi connectivity index (χ1n) is 8.46. The van der Waals surface area contributed by atoms with Crippen molar-refractivity contribution in [2.45, 2.75) is 44.2 Å². The lowest BCUT2D eigenvalue weighted by molar-refractivity contribution is -0.137. The average molecular weight is 495 g/mol. The van der Waals surface area contributed by atoms with Crippen LogP contribution < -0.4 is 4.74 Å². The molecule has 0 N–H and O–H groups in total. The number of rotatable bonds is 5. The van der Waals surface area contributed by atoms with E-state index >= 15 is 0 Å². The van der Waals surface area contributed by atoms with Gasteiger partial charge >= 0.3 is 0 Å². The highest BCUT2D eigenvalue weighted by atomic mass is 79.9. The maximum absolute atomic E-state index is 12.9. The van der Waals surface area contributed by atoms with Crippen molar-refractivity contribution < 1.29 is 17.9 Å². The van der Waals surface area contributed by atoms with Crippen molar-refractivity contribution in [3.8, 4) is 5.75 Å². The summed E-state index contributed by atoms with van der Waals surface area (Å²) in [6.45, 7) is -0.0890. The molecule has 1 saturated carbocycles. The van der Waals surface area contributed by atoms with E-state index in [1.807, 2.05) is 23.1 Å². The molecule has 1 amide bonds. The number of ether oxygens (including phenoxy) is 1. The minimum atomic E-state index is -3.03. The smallest absolute Gasteiger partial charge is 0.261 e.